The van der Waals surface area contributed by atoms with Crippen molar-refractivity contribution in [1.29, 1.82) is 0 Å². The Morgan fingerprint density at radius 2 is 1.00 bits per heavy atom. The van der Waals surface area contributed by atoms with Gasteiger partial charge in [-0.3, -0.25) is 0 Å². The molecule has 0 nitrogen and oxygen atoms in total. The monoisotopic (exact) mass is 222 g/mol. The van der Waals surface area contributed by atoms with E-state index in [1.165, 1.54) is 0 Å². The van der Waals surface area contributed by atoms with Crippen molar-refractivity contribution in [2.75, 3.05) is 0 Å². The first-order chi connectivity index (χ1) is 0. The van der Waals surface area contributed by atoms with Gasteiger partial charge < -0.3 is 0 Å². The van der Waals surface area contributed by atoms with E-state index < -0.39 is 0 Å². The summed E-state index contributed by atoms with van der Waals surface area (Å²) in [5.74, 6) is 0. The fraction of sp³-hybridized carbons (Fsp3) is 0. The molecule has 0 N–H and O–H groups in total. The summed E-state index contributed by atoms with van der Waals surface area (Å²) in [5.41, 5.74) is 0. The zero-order valence-electron chi connectivity index (χ0n) is 1.12. The van der Waals surface area contributed by atoms with Crippen molar-refractivity contribution in [3.05, 3.63) is 0 Å². The molecule has 0 saturated carbocycles. The second kappa shape index (κ2) is 28.8. The quantitative estimate of drug-likeness (QED) is 0.412. The van der Waals surface area contributed by atoms with E-state index in [0.29, 0.717) is 0 Å². The third-order valence-electron chi connectivity index (χ3n) is 0. The van der Waals surface area contributed by atoms with Crippen LogP contribution in [-0.2, 0) is 51.2 Å². The van der Waals surface area contributed by atoms with Crippen molar-refractivity contribution in [2.24, 2.45) is 0 Å². The van der Waals surface area contributed by atoms with Crippen LogP contribution < -0.4 is 0 Å². The van der Waals surface area contributed by atoms with Crippen molar-refractivity contribution >= 4 is 40.4 Å². The van der Waals surface area contributed by atoms with Gasteiger partial charge in [0.2, 0.25) is 0 Å². The standard InChI is InChI=1S/Al.Co.Cr.Mg.Mn.5H. The van der Waals surface area contributed by atoms with E-state index in [1.54, 1.807) is 0 Å². The van der Waals surface area contributed by atoms with Crippen LogP contribution in [0.1, 0.15) is 0 Å². The van der Waals surface area contributed by atoms with Gasteiger partial charge in [-0.15, -0.1) is 0 Å². The van der Waals surface area contributed by atoms with Crippen molar-refractivity contribution in [3.63, 3.8) is 0 Å². The number of hydrogen-bond donors (Lipinski definition) is 0. The average molecular weight is 222 g/mol. The minimum Gasteiger partial charge on any atom is 0 e. The largest absolute Gasteiger partial charge is 0.316 e. The SMILES string of the molecule is [AlH3].[Co].[Cr].[MgH2].[Mn]. The molecular formula is H5AlCoCrMgMn. The molecule has 5 heavy (non-hydrogen) atoms. The van der Waals surface area contributed by atoms with E-state index in [1.807, 2.05) is 0 Å². The molecule has 0 rings (SSSR count). The van der Waals surface area contributed by atoms with Crippen LogP contribution in [0.5, 0.6) is 0 Å². The Morgan fingerprint density at radius 3 is 1.00 bits per heavy atom. The molecule has 0 fully saturated rings. The van der Waals surface area contributed by atoms with E-state index in [0.717, 1.165) is 0 Å². The van der Waals surface area contributed by atoms with E-state index in [4.69, 9.17) is 0 Å². The van der Waals surface area contributed by atoms with Gasteiger partial charge in [0.05, 0.1) is 0 Å². The van der Waals surface area contributed by atoms with Crippen LogP contribution in [-0.4, -0.2) is 40.4 Å². The Kier molecular flexibility index (Phi) is 261. The Balaban J connectivity index is 0. The zero-order valence-corrected chi connectivity index (χ0v) is 4.62. The predicted molar refractivity (Wildman–Crippen MR) is 18.5 cm³/mol. The van der Waals surface area contributed by atoms with Crippen LogP contribution in [0.2, 0.25) is 0 Å². The van der Waals surface area contributed by atoms with Gasteiger partial charge in [0.1, 0.15) is 0 Å². The maximum atomic E-state index is 0. The second-order valence-electron chi connectivity index (χ2n) is 0. The third kappa shape index (κ3) is 19.8. The molecule has 5 heteroatoms. The maximum absolute atomic E-state index is 0. The first-order valence-corrected chi connectivity index (χ1v) is 0. The van der Waals surface area contributed by atoms with Crippen molar-refractivity contribution < 1.29 is 51.2 Å². The van der Waals surface area contributed by atoms with Crippen LogP contribution in [0, 0.1) is 0 Å². The molecule has 0 atom stereocenters. The van der Waals surface area contributed by atoms with Gasteiger partial charge in [0.25, 0.3) is 0 Å². The van der Waals surface area contributed by atoms with Crippen LogP contribution >= 0.6 is 0 Å². The zero-order chi connectivity index (χ0) is 0. The first kappa shape index (κ1) is 45.3. The fourth-order valence-corrected chi connectivity index (χ4v) is 0. The van der Waals surface area contributed by atoms with Gasteiger partial charge >= 0.3 is 23.1 Å². The molecule has 0 aliphatic heterocycles. The summed E-state index contributed by atoms with van der Waals surface area (Å²) in [7, 11) is 0. The second-order valence-corrected chi connectivity index (χ2v) is 0. The van der Waals surface area contributed by atoms with Gasteiger partial charge in [-0.2, -0.15) is 0 Å². The molecule has 0 aromatic carbocycles. The minimum absolute atomic E-state index is 0. The van der Waals surface area contributed by atoms with Gasteiger partial charge in [0, 0.05) is 51.2 Å². The Morgan fingerprint density at radius 1 is 1.00 bits per heavy atom. The smallest absolute Gasteiger partial charge is 0 e. The summed E-state index contributed by atoms with van der Waals surface area (Å²) in [6, 6.07) is 0. The summed E-state index contributed by atoms with van der Waals surface area (Å²) in [6.45, 7) is 0. The minimum atomic E-state index is 0. The normalized spacial score (nSPS) is 0. The molecule has 0 saturated heterocycles. The number of rotatable bonds is 0. The summed E-state index contributed by atoms with van der Waals surface area (Å²) in [4.78, 5) is 0. The molecule has 0 aromatic rings. The van der Waals surface area contributed by atoms with Gasteiger partial charge in [-0.05, 0) is 0 Å². The molecule has 0 aliphatic carbocycles. The average Bonchev–Trinajstić information content (AvgIpc) is 0. The number of hydrogen-bond acceptors (Lipinski definition) is 0. The van der Waals surface area contributed by atoms with Crippen LogP contribution in [0.15, 0.2) is 0 Å². The fourth-order valence-electron chi connectivity index (χ4n) is 0. The summed E-state index contributed by atoms with van der Waals surface area (Å²) < 4.78 is 0. The molecule has 0 aliphatic rings. The van der Waals surface area contributed by atoms with Crippen LogP contribution in [0.4, 0.5) is 0 Å². The van der Waals surface area contributed by atoms with Crippen LogP contribution in [0.25, 0.3) is 0 Å². The Hall–Kier alpha value is 2.86. The summed E-state index contributed by atoms with van der Waals surface area (Å²) in [6.07, 6.45) is 0. The molecule has 0 bridgehead atoms. The van der Waals surface area contributed by atoms with Crippen molar-refractivity contribution in [2.45, 2.75) is 0 Å². The maximum Gasteiger partial charge on any atom is 0.316 e. The first-order valence-electron chi connectivity index (χ1n) is 0. The van der Waals surface area contributed by atoms with Gasteiger partial charge in [-0.1, -0.05) is 0 Å². The molecule has 0 aromatic heterocycles. The van der Waals surface area contributed by atoms with Gasteiger partial charge in [-0.25, -0.2) is 0 Å². The molecular weight excluding hydrogens is 217 g/mol. The van der Waals surface area contributed by atoms with E-state index in [9.17, 15) is 0 Å². The molecule has 0 amide bonds. The van der Waals surface area contributed by atoms with Crippen LogP contribution in [0.3, 0.4) is 0 Å². The van der Waals surface area contributed by atoms with Crippen molar-refractivity contribution in [1.82, 2.24) is 0 Å². The molecule has 32 valence electrons. The topological polar surface area (TPSA) is 0 Å². The molecule has 0 unspecified atom stereocenters. The molecule has 2 radical (unpaired) electrons. The Bertz CT molecular complexity index is 11.6. The predicted octanol–water partition coefficient (Wildman–Crippen LogP) is -2.11. The summed E-state index contributed by atoms with van der Waals surface area (Å²) in [5, 5.41) is 0. The molecule has 0 spiro atoms. The van der Waals surface area contributed by atoms with Crippen molar-refractivity contribution in [3.8, 4) is 0 Å². The van der Waals surface area contributed by atoms with E-state index in [2.05, 4.69) is 0 Å². The summed E-state index contributed by atoms with van der Waals surface area (Å²) >= 11 is 0. The van der Waals surface area contributed by atoms with Gasteiger partial charge in [0.15, 0.2) is 17.4 Å². The van der Waals surface area contributed by atoms with E-state index in [-0.39, 0.29) is 91.6 Å². The third-order valence-corrected chi connectivity index (χ3v) is 0. The molecule has 0 heterocycles. The Labute approximate surface area is 90.3 Å². The van der Waals surface area contributed by atoms with E-state index >= 15 is 0 Å².